The van der Waals surface area contributed by atoms with Crippen molar-refractivity contribution < 1.29 is 18.0 Å². The van der Waals surface area contributed by atoms with Crippen LogP contribution in [0.4, 0.5) is 13.2 Å². The third-order valence-electron chi connectivity index (χ3n) is 4.30. The van der Waals surface area contributed by atoms with Gasteiger partial charge in [0.1, 0.15) is 0 Å². The Bertz CT molecular complexity index is 771. The number of rotatable bonds is 4. The molecule has 148 valence electrons. The van der Waals surface area contributed by atoms with Crippen molar-refractivity contribution >= 4 is 29.9 Å². The second-order valence-electron chi connectivity index (χ2n) is 6.22. The molecule has 0 aliphatic carbocycles. The average Bonchev–Trinajstić information content (AvgIpc) is 3.07. The van der Waals surface area contributed by atoms with Crippen LogP contribution in [-0.2, 0) is 6.18 Å². The summed E-state index contributed by atoms with van der Waals surface area (Å²) in [6, 6.07) is 5.77. The molecule has 2 aromatic rings. The quantitative estimate of drug-likeness (QED) is 0.789. The van der Waals surface area contributed by atoms with Gasteiger partial charge in [0.25, 0.3) is 5.91 Å². The van der Waals surface area contributed by atoms with Gasteiger partial charge in [-0.05, 0) is 56.1 Å². The lowest BCUT2D eigenvalue weighted by atomic mass is 9.99. The first-order valence-corrected chi connectivity index (χ1v) is 8.64. The van der Waals surface area contributed by atoms with Crippen LogP contribution >= 0.6 is 24.0 Å². The molecule has 1 atom stereocenters. The van der Waals surface area contributed by atoms with Crippen LogP contribution in [0.2, 0.25) is 5.02 Å². The van der Waals surface area contributed by atoms with Gasteiger partial charge in [-0.3, -0.25) is 4.79 Å². The van der Waals surface area contributed by atoms with Crippen LogP contribution < -0.4 is 10.6 Å². The maximum Gasteiger partial charge on any atom is 0.434 e. The minimum absolute atomic E-state index is 0. The average molecular weight is 423 g/mol. The van der Waals surface area contributed by atoms with Crippen molar-refractivity contribution in [3.05, 3.63) is 46.7 Å². The lowest BCUT2D eigenvalue weighted by molar-refractivity contribution is -0.143. The highest BCUT2D eigenvalue weighted by Crippen LogP contribution is 2.33. The number of carbonyl (C=O) groups excluding carboxylic acids is 1. The molecule has 1 aliphatic heterocycles. The normalized spacial score (nSPS) is 17.3. The van der Waals surface area contributed by atoms with Gasteiger partial charge >= 0.3 is 6.18 Å². The molecule has 3 rings (SSSR count). The van der Waals surface area contributed by atoms with Crippen LogP contribution in [0.3, 0.4) is 0 Å². The van der Waals surface area contributed by atoms with Crippen molar-refractivity contribution in [1.29, 1.82) is 0 Å². The van der Waals surface area contributed by atoms with E-state index >= 15 is 0 Å². The number of amides is 1. The van der Waals surface area contributed by atoms with Crippen LogP contribution in [0.25, 0.3) is 5.69 Å². The number of piperidine rings is 1. The Balaban J connectivity index is 0.00000261. The number of hydrogen-bond donors (Lipinski definition) is 2. The number of halogens is 5. The Labute approximate surface area is 165 Å². The zero-order valence-corrected chi connectivity index (χ0v) is 15.8. The second kappa shape index (κ2) is 8.95. The van der Waals surface area contributed by atoms with E-state index in [2.05, 4.69) is 15.7 Å². The SMILES string of the molecule is Cl.O=C(NCC1CCCNC1)c1cnn(-c2ccc(Cl)cc2)c1C(F)(F)F. The second-order valence-corrected chi connectivity index (χ2v) is 6.65. The summed E-state index contributed by atoms with van der Waals surface area (Å²) in [4.78, 5) is 12.3. The maximum atomic E-state index is 13.6. The maximum absolute atomic E-state index is 13.6. The highest BCUT2D eigenvalue weighted by Gasteiger charge is 2.40. The van der Waals surface area contributed by atoms with Crippen molar-refractivity contribution in [2.75, 3.05) is 19.6 Å². The molecule has 0 radical (unpaired) electrons. The zero-order chi connectivity index (χ0) is 18.7. The van der Waals surface area contributed by atoms with E-state index in [1.807, 2.05) is 0 Å². The minimum atomic E-state index is -4.73. The summed E-state index contributed by atoms with van der Waals surface area (Å²) >= 11 is 5.78. The number of alkyl halides is 3. The molecule has 10 heteroatoms. The molecule has 1 aliphatic rings. The molecule has 1 unspecified atom stereocenters. The first kappa shape index (κ1) is 21.5. The molecule has 27 heavy (non-hydrogen) atoms. The lowest BCUT2D eigenvalue weighted by Crippen LogP contribution is -2.38. The Morgan fingerprint density at radius 1 is 1.33 bits per heavy atom. The standard InChI is InChI=1S/C17H18ClF3N4O.ClH/c18-12-3-5-13(6-4-12)25-15(17(19,20)21)14(10-24-25)16(26)23-9-11-2-1-7-22-8-11;/h3-6,10-11,22H,1-2,7-9H2,(H,23,26);1H. The number of benzene rings is 1. The van der Waals surface area contributed by atoms with Gasteiger partial charge in [-0.1, -0.05) is 11.6 Å². The van der Waals surface area contributed by atoms with Gasteiger partial charge in [0, 0.05) is 11.6 Å². The van der Waals surface area contributed by atoms with E-state index in [9.17, 15) is 18.0 Å². The molecule has 0 bridgehead atoms. The number of carbonyl (C=O) groups is 1. The Hall–Kier alpha value is -1.77. The fourth-order valence-electron chi connectivity index (χ4n) is 3.00. The van der Waals surface area contributed by atoms with Crippen LogP contribution in [0.1, 0.15) is 28.9 Å². The molecule has 1 amide bonds. The van der Waals surface area contributed by atoms with E-state index in [0.29, 0.717) is 16.2 Å². The van der Waals surface area contributed by atoms with Gasteiger partial charge in [-0.15, -0.1) is 12.4 Å². The molecule has 2 N–H and O–H groups in total. The summed E-state index contributed by atoms with van der Waals surface area (Å²) in [7, 11) is 0. The summed E-state index contributed by atoms with van der Waals surface area (Å²) < 4.78 is 41.5. The van der Waals surface area contributed by atoms with Crippen molar-refractivity contribution in [2.24, 2.45) is 5.92 Å². The van der Waals surface area contributed by atoms with Gasteiger partial charge in [0.2, 0.25) is 0 Å². The van der Waals surface area contributed by atoms with Crippen molar-refractivity contribution in [3.8, 4) is 5.69 Å². The van der Waals surface area contributed by atoms with Crippen molar-refractivity contribution in [1.82, 2.24) is 20.4 Å². The molecule has 5 nitrogen and oxygen atoms in total. The largest absolute Gasteiger partial charge is 0.434 e. The minimum Gasteiger partial charge on any atom is -0.352 e. The summed E-state index contributed by atoms with van der Waals surface area (Å²) in [5.74, 6) is -0.559. The first-order valence-electron chi connectivity index (χ1n) is 8.26. The highest BCUT2D eigenvalue weighted by molar-refractivity contribution is 6.30. The van der Waals surface area contributed by atoms with E-state index in [1.165, 1.54) is 24.3 Å². The third-order valence-corrected chi connectivity index (χ3v) is 4.56. The van der Waals surface area contributed by atoms with Crippen LogP contribution in [0.5, 0.6) is 0 Å². The monoisotopic (exact) mass is 422 g/mol. The van der Waals surface area contributed by atoms with Crippen molar-refractivity contribution in [3.63, 3.8) is 0 Å². The van der Waals surface area contributed by atoms with Gasteiger partial charge < -0.3 is 10.6 Å². The zero-order valence-electron chi connectivity index (χ0n) is 14.2. The molecular formula is C17H19Cl2F3N4O. The number of aromatic nitrogens is 2. The van der Waals surface area contributed by atoms with E-state index in [4.69, 9.17) is 11.6 Å². The smallest absolute Gasteiger partial charge is 0.352 e. The van der Waals surface area contributed by atoms with Crippen LogP contribution in [-0.4, -0.2) is 35.3 Å². The summed E-state index contributed by atoms with van der Waals surface area (Å²) in [6.45, 7) is 2.00. The van der Waals surface area contributed by atoms with Gasteiger partial charge in [-0.25, -0.2) is 4.68 Å². The lowest BCUT2D eigenvalue weighted by Gasteiger charge is -2.22. The van der Waals surface area contributed by atoms with E-state index in [1.54, 1.807) is 0 Å². The van der Waals surface area contributed by atoms with Gasteiger partial charge in [0.05, 0.1) is 17.4 Å². The fraction of sp³-hybridized carbons (Fsp3) is 0.412. The first-order chi connectivity index (χ1) is 12.4. The summed E-state index contributed by atoms with van der Waals surface area (Å²) in [5, 5.41) is 9.98. The van der Waals surface area contributed by atoms with E-state index in [-0.39, 0.29) is 24.0 Å². The molecule has 1 fully saturated rings. The molecule has 0 spiro atoms. The topological polar surface area (TPSA) is 59.0 Å². The Morgan fingerprint density at radius 3 is 2.63 bits per heavy atom. The highest BCUT2D eigenvalue weighted by atomic mass is 35.5. The summed E-state index contributed by atoms with van der Waals surface area (Å²) in [5.41, 5.74) is -1.41. The Kier molecular flexibility index (Phi) is 7.13. The Morgan fingerprint density at radius 2 is 2.04 bits per heavy atom. The van der Waals surface area contributed by atoms with Crippen LogP contribution in [0.15, 0.2) is 30.5 Å². The molecule has 1 saturated heterocycles. The van der Waals surface area contributed by atoms with Crippen LogP contribution in [0, 0.1) is 5.92 Å². The summed E-state index contributed by atoms with van der Waals surface area (Å²) in [6.07, 6.45) is -1.85. The predicted molar refractivity (Wildman–Crippen MR) is 98.8 cm³/mol. The number of nitrogens with zero attached hydrogens (tertiary/aromatic N) is 2. The molecular weight excluding hydrogens is 404 g/mol. The third kappa shape index (κ3) is 5.15. The van der Waals surface area contributed by atoms with E-state index < -0.39 is 23.3 Å². The van der Waals surface area contributed by atoms with Crippen molar-refractivity contribution in [2.45, 2.75) is 19.0 Å². The van der Waals surface area contributed by atoms with E-state index in [0.717, 1.165) is 32.1 Å². The number of hydrogen-bond acceptors (Lipinski definition) is 3. The van der Waals surface area contributed by atoms with Gasteiger partial charge in [-0.2, -0.15) is 18.3 Å². The van der Waals surface area contributed by atoms with Gasteiger partial charge in [0.15, 0.2) is 5.69 Å². The molecule has 2 heterocycles. The number of nitrogens with one attached hydrogen (secondary N) is 2. The molecule has 1 aromatic heterocycles. The predicted octanol–water partition coefficient (Wildman–Crippen LogP) is 3.70. The molecule has 1 aromatic carbocycles. The fourth-order valence-corrected chi connectivity index (χ4v) is 3.12. The molecule has 0 saturated carbocycles.